The number of halogens is 2. The van der Waals surface area contributed by atoms with Gasteiger partial charge in [-0.25, -0.2) is 28.7 Å². The number of aromatic nitrogens is 6. The molecule has 0 radical (unpaired) electrons. The minimum absolute atomic E-state index is 0.135. The summed E-state index contributed by atoms with van der Waals surface area (Å²) in [6, 6.07) is 3.85. The van der Waals surface area contributed by atoms with Crippen LogP contribution < -0.4 is 0 Å². The number of aryl methyl sites for hydroxylation is 2. The summed E-state index contributed by atoms with van der Waals surface area (Å²) >= 11 is 0. The highest BCUT2D eigenvalue weighted by atomic mass is 19.1. The molecule has 1 aromatic carbocycles. The van der Waals surface area contributed by atoms with Gasteiger partial charge in [0.25, 0.3) is 0 Å². The summed E-state index contributed by atoms with van der Waals surface area (Å²) in [6.45, 7) is 3.51. The van der Waals surface area contributed by atoms with Crippen molar-refractivity contribution < 1.29 is 18.6 Å². The molecular weight excluding hydrogens is 466 g/mol. The van der Waals surface area contributed by atoms with Crippen molar-refractivity contribution in [3.8, 4) is 11.3 Å². The number of aliphatic hydroxyl groups is 1. The molecule has 0 spiro atoms. The van der Waals surface area contributed by atoms with Crippen LogP contribution in [-0.4, -0.2) is 47.5 Å². The number of benzene rings is 1. The Labute approximate surface area is 206 Å². The van der Waals surface area contributed by atoms with Gasteiger partial charge in [0, 0.05) is 29.3 Å². The molecule has 2 fully saturated rings. The molecule has 2 aliphatic rings. The lowest BCUT2D eigenvalue weighted by molar-refractivity contribution is -0.0819. The van der Waals surface area contributed by atoms with Crippen LogP contribution >= 0.6 is 0 Å². The first-order valence-corrected chi connectivity index (χ1v) is 12.2. The molecule has 1 saturated heterocycles. The molecule has 0 bridgehead atoms. The van der Waals surface area contributed by atoms with E-state index < -0.39 is 17.7 Å². The summed E-state index contributed by atoms with van der Waals surface area (Å²) in [5.41, 5.74) is 3.46. The summed E-state index contributed by atoms with van der Waals surface area (Å²) in [6.07, 6.45) is 6.46. The lowest BCUT2D eigenvalue weighted by Gasteiger charge is -2.33. The minimum atomic E-state index is -0.730. The molecule has 186 valence electrons. The molecule has 1 N–H and O–H groups in total. The first-order chi connectivity index (χ1) is 17.4. The number of nitrogens with zero attached hydrogens (tertiary/aromatic N) is 6. The van der Waals surface area contributed by atoms with Gasteiger partial charge in [0.2, 0.25) is 0 Å². The van der Waals surface area contributed by atoms with Gasteiger partial charge in [-0.15, -0.1) is 0 Å². The van der Waals surface area contributed by atoms with Crippen LogP contribution in [0.1, 0.15) is 66.5 Å². The maximum Gasteiger partial charge on any atom is 0.182 e. The maximum absolute atomic E-state index is 14.9. The first kappa shape index (κ1) is 23.1. The Hall–Kier alpha value is -3.37. The number of fused-ring (bicyclic) bond motifs is 1. The van der Waals surface area contributed by atoms with E-state index in [0.29, 0.717) is 47.3 Å². The Morgan fingerprint density at radius 3 is 2.61 bits per heavy atom. The maximum atomic E-state index is 14.9. The number of hydrogen-bond donors (Lipinski definition) is 1. The van der Waals surface area contributed by atoms with Crippen molar-refractivity contribution in [3.05, 3.63) is 65.0 Å². The average Bonchev–Trinajstić information content (AvgIpc) is 3.60. The molecule has 4 heterocycles. The van der Waals surface area contributed by atoms with E-state index in [1.165, 1.54) is 12.1 Å². The Morgan fingerprint density at radius 1 is 1.06 bits per heavy atom. The fraction of sp³-hybridized carbons (Fsp3) is 0.423. The van der Waals surface area contributed by atoms with Crippen LogP contribution in [-0.2, 0) is 4.74 Å². The molecule has 6 rings (SSSR count). The summed E-state index contributed by atoms with van der Waals surface area (Å²) in [5, 5.41) is 14.4. The minimum Gasteiger partial charge on any atom is -0.394 e. The highest BCUT2D eigenvalue weighted by molar-refractivity contribution is 5.87. The molecule has 8 nitrogen and oxygen atoms in total. The van der Waals surface area contributed by atoms with Crippen molar-refractivity contribution in [2.24, 2.45) is 0 Å². The first-order valence-electron chi connectivity index (χ1n) is 12.2. The van der Waals surface area contributed by atoms with Gasteiger partial charge in [-0.3, -0.25) is 4.68 Å². The van der Waals surface area contributed by atoms with Crippen LogP contribution in [0.25, 0.3) is 22.4 Å². The van der Waals surface area contributed by atoms with Crippen LogP contribution in [0.5, 0.6) is 0 Å². The van der Waals surface area contributed by atoms with Crippen molar-refractivity contribution >= 4 is 11.2 Å². The van der Waals surface area contributed by atoms with Gasteiger partial charge in [0.15, 0.2) is 5.65 Å². The second kappa shape index (κ2) is 8.94. The average molecular weight is 493 g/mol. The molecule has 3 aromatic heterocycles. The van der Waals surface area contributed by atoms with E-state index >= 15 is 0 Å². The topological polar surface area (TPSA) is 98.8 Å². The molecule has 10 heteroatoms. The second-order valence-electron chi connectivity index (χ2n) is 9.70. The Morgan fingerprint density at radius 2 is 1.86 bits per heavy atom. The van der Waals surface area contributed by atoms with Gasteiger partial charge >= 0.3 is 0 Å². The molecule has 3 atom stereocenters. The SMILES string of the molecule is Cc1nc2nc([C@@H]3C[C@H](CO)O[C@@H](c4cnn(C5CC5)c4)C3)nc(-c3ccc(F)cc3F)c2nc1C. The Balaban J connectivity index is 1.44. The van der Waals surface area contributed by atoms with E-state index in [4.69, 9.17) is 14.7 Å². The van der Waals surface area contributed by atoms with Crippen LogP contribution in [0, 0.1) is 25.5 Å². The van der Waals surface area contributed by atoms with Crippen molar-refractivity contribution in [3.63, 3.8) is 0 Å². The smallest absolute Gasteiger partial charge is 0.182 e. The third kappa shape index (κ3) is 4.24. The number of ether oxygens (including phenoxy) is 1. The normalized spacial score (nSPS) is 22.3. The summed E-state index contributed by atoms with van der Waals surface area (Å²) < 4.78 is 36.7. The monoisotopic (exact) mass is 492 g/mol. The van der Waals surface area contributed by atoms with Crippen molar-refractivity contribution in [2.45, 2.75) is 63.7 Å². The molecule has 36 heavy (non-hydrogen) atoms. The zero-order valence-corrected chi connectivity index (χ0v) is 20.0. The van der Waals surface area contributed by atoms with E-state index in [1.807, 2.05) is 30.9 Å². The second-order valence-corrected chi connectivity index (χ2v) is 9.70. The van der Waals surface area contributed by atoms with Crippen molar-refractivity contribution in [2.75, 3.05) is 6.61 Å². The third-order valence-electron chi connectivity index (χ3n) is 7.03. The van der Waals surface area contributed by atoms with Crippen LogP contribution in [0.2, 0.25) is 0 Å². The predicted molar refractivity (Wildman–Crippen MR) is 127 cm³/mol. The quantitative estimate of drug-likeness (QED) is 0.438. The number of hydrogen-bond acceptors (Lipinski definition) is 7. The lowest BCUT2D eigenvalue weighted by atomic mass is 9.88. The lowest BCUT2D eigenvalue weighted by Crippen LogP contribution is -2.30. The van der Waals surface area contributed by atoms with Crippen LogP contribution in [0.3, 0.4) is 0 Å². The standard InChI is InChI=1S/C26H26F2N6O2/c1-13-14(2)31-26-24(30-13)23(20-6-3-17(27)9-21(20)28)32-25(33-26)15-7-19(12-35)36-22(8-15)16-10-29-34(11-16)18-4-5-18/h3,6,9-11,15,18-19,22,35H,4-5,7-8,12H2,1-2H3/t15-,19-,22-/m1/s1. The number of aliphatic hydroxyl groups excluding tert-OH is 1. The van der Waals surface area contributed by atoms with E-state index in [9.17, 15) is 13.9 Å². The largest absolute Gasteiger partial charge is 0.394 e. The molecule has 0 amide bonds. The Bertz CT molecular complexity index is 1450. The summed E-state index contributed by atoms with van der Waals surface area (Å²) in [7, 11) is 0. The zero-order valence-electron chi connectivity index (χ0n) is 20.0. The van der Waals surface area contributed by atoms with Gasteiger partial charge in [0.1, 0.15) is 28.7 Å². The third-order valence-corrected chi connectivity index (χ3v) is 7.03. The van der Waals surface area contributed by atoms with E-state index in [1.54, 1.807) is 0 Å². The molecule has 1 aliphatic carbocycles. The van der Waals surface area contributed by atoms with Crippen molar-refractivity contribution in [1.82, 2.24) is 29.7 Å². The van der Waals surface area contributed by atoms with Gasteiger partial charge in [-0.1, -0.05) is 0 Å². The molecule has 1 aliphatic heterocycles. The summed E-state index contributed by atoms with van der Waals surface area (Å²) in [4.78, 5) is 18.7. The van der Waals surface area contributed by atoms with Crippen LogP contribution in [0.15, 0.2) is 30.6 Å². The highest BCUT2D eigenvalue weighted by Crippen LogP contribution is 2.41. The van der Waals surface area contributed by atoms with E-state index in [-0.39, 0.29) is 29.9 Å². The van der Waals surface area contributed by atoms with E-state index in [2.05, 4.69) is 15.1 Å². The molecule has 0 unspecified atom stereocenters. The fourth-order valence-electron chi connectivity index (χ4n) is 4.80. The van der Waals surface area contributed by atoms with Gasteiger partial charge in [0.05, 0.1) is 42.4 Å². The zero-order chi connectivity index (χ0) is 25.0. The fourth-order valence-corrected chi connectivity index (χ4v) is 4.80. The molecule has 1 saturated carbocycles. The van der Waals surface area contributed by atoms with E-state index in [0.717, 1.165) is 24.5 Å². The van der Waals surface area contributed by atoms with Crippen LogP contribution in [0.4, 0.5) is 8.78 Å². The number of rotatable bonds is 5. The predicted octanol–water partition coefficient (Wildman–Crippen LogP) is 4.51. The Kier molecular flexibility index (Phi) is 5.72. The molecule has 4 aromatic rings. The highest BCUT2D eigenvalue weighted by Gasteiger charge is 2.35. The molecular formula is C26H26F2N6O2. The summed E-state index contributed by atoms with van der Waals surface area (Å²) in [5.74, 6) is -1.11. The van der Waals surface area contributed by atoms with Gasteiger partial charge in [-0.05, 0) is 51.7 Å². The van der Waals surface area contributed by atoms with Gasteiger partial charge in [-0.2, -0.15) is 5.10 Å². The van der Waals surface area contributed by atoms with Crippen molar-refractivity contribution in [1.29, 1.82) is 0 Å². The van der Waals surface area contributed by atoms with Gasteiger partial charge < -0.3 is 9.84 Å².